The monoisotopic (exact) mass is 1300 g/mol. The van der Waals surface area contributed by atoms with Crippen LogP contribution >= 0.6 is 7.82 Å². The first kappa shape index (κ1) is 87.1. The Morgan fingerprint density at radius 1 is 0.323 bits per heavy atom. The van der Waals surface area contributed by atoms with Gasteiger partial charge in [0.25, 0.3) is 0 Å². The van der Waals surface area contributed by atoms with E-state index in [1.54, 1.807) is 0 Å². The van der Waals surface area contributed by atoms with Gasteiger partial charge in [0.1, 0.15) is 6.61 Å². The van der Waals surface area contributed by atoms with Crippen molar-refractivity contribution in [2.75, 3.05) is 26.4 Å². The molecule has 0 radical (unpaired) electrons. The minimum absolute atomic E-state index is 0.0363. The van der Waals surface area contributed by atoms with E-state index in [-0.39, 0.29) is 32.6 Å². The number of phosphoric acid groups is 1. The number of rotatable bonds is 64. The largest absolute Gasteiger partial charge is 0.472 e. The standard InChI is InChI=1S/C83H128NO8P/c1-3-5-7-9-11-13-15-17-19-21-23-25-27-29-31-33-35-37-39-40-42-44-46-48-50-52-54-56-58-60-62-64-66-68-70-72-74-76-83(86)92-81(80-91-93(87,88)90-78-77-84)79-89-82(85)75-73-71-69-67-65-63-61-59-57-55-53-51-49-47-45-43-41-38-36-34-32-30-28-26-24-22-20-18-16-14-12-10-8-6-4-2/h5-8,11-14,17-20,23-26,29-32,35-38,40,42-43,45-46,48-49,51-52,54-55,57-58,60,81H,3-4,9-10,15-16,21-22,27-28,33-34,39,41,44,47,50,53,56,59,61-80,84H2,1-2H3,(H,87,88)/b7-5-,8-6-,13-11-,14-12-,19-17-,20-18-,25-23-,26-24-,31-29-,32-30-,37-35-,38-36-,42-40-,45-43-,48-46-,51-49-,54-52-,57-55-,60-58-. The number of carbonyl (C=O) groups is 2. The van der Waals surface area contributed by atoms with Gasteiger partial charge >= 0.3 is 19.8 Å². The molecule has 10 heteroatoms. The van der Waals surface area contributed by atoms with Crippen LogP contribution in [0.4, 0.5) is 0 Å². The van der Waals surface area contributed by atoms with E-state index >= 15 is 0 Å². The van der Waals surface area contributed by atoms with Crippen LogP contribution < -0.4 is 5.73 Å². The summed E-state index contributed by atoms with van der Waals surface area (Å²) in [7, 11) is -4.42. The first-order valence-electron chi connectivity index (χ1n) is 35.9. The van der Waals surface area contributed by atoms with Crippen LogP contribution in [-0.2, 0) is 32.7 Å². The predicted octanol–water partition coefficient (Wildman–Crippen LogP) is 24.2. The lowest BCUT2D eigenvalue weighted by molar-refractivity contribution is -0.161. The maximum absolute atomic E-state index is 12.8. The molecule has 0 aliphatic heterocycles. The lowest BCUT2D eigenvalue weighted by Crippen LogP contribution is -2.29. The second kappa shape index (κ2) is 75.1. The summed E-state index contributed by atoms with van der Waals surface area (Å²) in [6, 6.07) is 0. The van der Waals surface area contributed by atoms with Crippen molar-refractivity contribution < 1.29 is 37.6 Å². The van der Waals surface area contributed by atoms with Crippen molar-refractivity contribution in [3.8, 4) is 0 Å². The van der Waals surface area contributed by atoms with E-state index in [1.165, 1.54) is 19.3 Å². The number of carbonyl (C=O) groups excluding carboxylic acids is 2. The minimum atomic E-state index is -4.42. The van der Waals surface area contributed by atoms with E-state index < -0.39 is 32.5 Å². The summed E-state index contributed by atoms with van der Waals surface area (Å²) in [5.74, 6) is -0.876. The first-order chi connectivity index (χ1) is 45.8. The summed E-state index contributed by atoms with van der Waals surface area (Å²) in [6.45, 7) is 3.45. The highest BCUT2D eigenvalue weighted by Crippen LogP contribution is 2.43. The molecule has 0 saturated carbocycles. The van der Waals surface area contributed by atoms with Gasteiger partial charge in [-0.2, -0.15) is 0 Å². The molecule has 0 spiro atoms. The van der Waals surface area contributed by atoms with E-state index in [9.17, 15) is 19.0 Å². The van der Waals surface area contributed by atoms with Gasteiger partial charge in [-0.3, -0.25) is 18.6 Å². The molecule has 2 atom stereocenters. The van der Waals surface area contributed by atoms with Gasteiger partial charge in [-0.15, -0.1) is 0 Å². The zero-order valence-corrected chi connectivity index (χ0v) is 59.0. The van der Waals surface area contributed by atoms with Crippen LogP contribution in [0.15, 0.2) is 231 Å². The molecule has 0 aromatic heterocycles. The topological polar surface area (TPSA) is 134 Å². The molecular weight excluding hydrogens is 1170 g/mol. The summed E-state index contributed by atoms with van der Waals surface area (Å²) >= 11 is 0. The van der Waals surface area contributed by atoms with Crippen LogP contribution in [0.5, 0.6) is 0 Å². The van der Waals surface area contributed by atoms with Gasteiger partial charge in [-0.1, -0.05) is 303 Å². The predicted molar refractivity (Wildman–Crippen MR) is 403 cm³/mol. The van der Waals surface area contributed by atoms with E-state index in [2.05, 4.69) is 245 Å². The Hall–Kier alpha value is -5.93. The molecule has 0 rings (SSSR count). The lowest BCUT2D eigenvalue weighted by Gasteiger charge is -2.19. The van der Waals surface area contributed by atoms with Crippen molar-refractivity contribution >= 4 is 19.8 Å². The Labute approximate surface area is 568 Å². The number of esters is 2. The highest BCUT2D eigenvalue weighted by molar-refractivity contribution is 7.47. The SMILES string of the molecule is CC/C=C\C/C=C\C/C=C\C/C=C\C/C=C\C/C=C\C/C=C\C/C=C\C/C=C\C/C=C\CCCCCCCCC(=O)OC(COC(=O)CCCCCCCCC/C=C\C/C=C\C/C=C\C/C=C\C/C=C\C/C=C\C/C=C\C/C=C\C/C=C\CC)COP(=O)(O)OCCN. The van der Waals surface area contributed by atoms with Crippen molar-refractivity contribution in [1.29, 1.82) is 0 Å². The first-order valence-corrected chi connectivity index (χ1v) is 37.4. The van der Waals surface area contributed by atoms with Crippen LogP contribution in [0.25, 0.3) is 0 Å². The van der Waals surface area contributed by atoms with Crippen LogP contribution in [0.1, 0.15) is 245 Å². The smallest absolute Gasteiger partial charge is 0.462 e. The molecule has 2 unspecified atom stereocenters. The van der Waals surface area contributed by atoms with Crippen molar-refractivity contribution in [2.45, 2.75) is 251 Å². The van der Waals surface area contributed by atoms with Crippen molar-refractivity contribution in [1.82, 2.24) is 0 Å². The molecule has 93 heavy (non-hydrogen) atoms. The summed E-state index contributed by atoms with van der Waals surface area (Å²) in [5, 5.41) is 0. The second-order valence-corrected chi connectivity index (χ2v) is 24.1. The molecule has 0 saturated heterocycles. The van der Waals surface area contributed by atoms with Gasteiger partial charge in [-0.25, -0.2) is 4.57 Å². The zero-order chi connectivity index (χ0) is 67.2. The Balaban J connectivity index is 4.06. The quantitative estimate of drug-likeness (QED) is 0.0264. The molecule has 0 aromatic carbocycles. The van der Waals surface area contributed by atoms with Gasteiger partial charge in [0.05, 0.1) is 13.2 Å². The molecule has 0 bridgehead atoms. The van der Waals surface area contributed by atoms with E-state index in [0.717, 1.165) is 186 Å². The maximum atomic E-state index is 12.8. The highest BCUT2D eigenvalue weighted by atomic mass is 31.2. The maximum Gasteiger partial charge on any atom is 0.472 e. The fourth-order valence-corrected chi connectivity index (χ4v) is 9.60. The molecule has 0 heterocycles. The Morgan fingerprint density at radius 3 is 0.828 bits per heavy atom. The number of allylic oxidation sites excluding steroid dienone is 38. The molecule has 9 nitrogen and oxygen atoms in total. The fourth-order valence-electron chi connectivity index (χ4n) is 8.83. The number of unbranched alkanes of at least 4 members (excludes halogenated alkanes) is 13. The van der Waals surface area contributed by atoms with Crippen LogP contribution in [-0.4, -0.2) is 49.3 Å². The number of hydrogen-bond acceptors (Lipinski definition) is 8. The van der Waals surface area contributed by atoms with Crippen LogP contribution in [0.3, 0.4) is 0 Å². The van der Waals surface area contributed by atoms with Crippen molar-refractivity contribution in [2.24, 2.45) is 5.73 Å². The summed E-state index contributed by atoms with van der Waals surface area (Å²) in [4.78, 5) is 35.4. The highest BCUT2D eigenvalue weighted by Gasteiger charge is 2.26. The molecular formula is C83H128NO8P. The molecule has 0 aromatic rings. The minimum Gasteiger partial charge on any atom is -0.462 e. The molecule has 3 N–H and O–H groups in total. The summed E-state index contributed by atoms with van der Waals surface area (Å²) in [6.07, 6.45) is 118. The average Bonchev–Trinajstić information content (AvgIpc) is 3.04. The summed E-state index contributed by atoms with van der Waals surface area (Å²) in [5.41, 5.74) is 5.40. The van der Waals surface area contributed by atoms with Crippen LogP contribution in [0.2, 0.25) is 0 Å². The normalized spacial score (nSPS) is 14.3. The number of hydrogen-bond donors (Lipinski definition) is 2. The number of phosphoric ester groups is 1. The molecule has 518 valence electrons. The lowest BCUT2D eigenvalue weighted by atomic mass is 10.1. The van der Waals surface area contributed by atoms with E-state index in [4.69, 9.17) is 24.3 Å². The van der Waals surface area contributed by atoms with Crippen molar-refractivity contribution in [3.05, 3.63) is 231 Å². The van der Waals surface area contributed by atoms with Crippen LogP contribution in [0, 0.1) is 0 Å². The van der Waals surface area contributed by atoms with Gasteiger partial charge in [0.15, 0.2) is 6.10 Å². The molecule has 0 fully saturated rings. The summed E-state index contributed by atoms with van der Waals surface area (Å²) < 4.78 is 33.2. The average molecular weight is 1300 g/mol. The van der Waals surface area contributed by atoms with Gasteiger partial charge in [0, 0.05) is 19.4 Å². The Morgan fingerprint density at radius 2 is 0.559 bits per heavy atom. The fraction of sp³-hybridized carbons (Fsp3) is 0.518. The molecule has 0 aliphatic rings. The molecule has 0 amide bonds. The third kappa shape index (κ3) is 75.0. The molecule has 0 aliphatic carbocycles. The van der Waals surface area contributed by atoms with Crippen molar-refractivity contribution in [3.63, 3.8) is 0 Å². The Bertz CT molecular complexity index is 2380. The van der Waals surface area contributed by atoms with E-state index in [1.807, 2.05) is 0 Å². The van der Waals surface area contributed by atoms with Gasteiger partial charge in [-0.05, 0) is 161 Å². The number of ether oxygens (including phenoxy) is 2. The number of nitrogens with two attached hydrogens (primary N) is 1. The third-order valence-corrected chi connectivity index (χ3v) is 15.0. The van der Waals surface area contributed by atoms with Gasteiger partial charge < -0.3 is 20.1 Å². The van der Waals surface area contributed by atoms with E-state index in [0.29, 0.717) is 12.8 Å². The van der Waals surface area contributed by atoms with Gasteiger partial charge in [0.2, 0.25) is 0 Å². The third-order valence-electron chi connectivity index (χ3n) is 14.0. The second-order valence-electron chi connectivity index (χ2n) is 22.6. The zero-order valence-electron chi connectivity index (χ0n) is 58.1. The Kier molecular flexibility index (Phi) is 70.3.